The molecule has 0 unspecified atom stereocenters. The van der Waals surface area contributed by atoms with E-state index in [0.717, 1.165) is 11.9 Å². The van der Waals surface area contributed by atoms with Crippen LogP contribution in [0.15, 0.2) is 30.6 Å². The van der Waals surface area contributed by atoms with Crippen LogP contribution in [0.25, 0.3) is 0 Å². The van der Waals surface area contributed by atoms with Crippen molar-refractivity contribution < 1.29 is 9.31 Å². The van der Waals surface area contributed by atoms with Crippen molar-refractivity contribution in [3.63, 3.8) is 0 Å². The highest BCUT2D eigenvalue weighted by atomic mass is 35.5. The fraction of sp³-hybridized carbons (Fsp3) is 0.167. The average molecular weight is 297 g/mol. The number of rotatable bonds is 4. The Balaban J connectivity index is 2.29. The van der Waals surface area contributed by atoms with Crippen molar-refractivity contribution in [3.8, 4) is 0 Å². The summed E-state index contributed by atoms with van der Waals surface area (Å²) in [5.74, 6) is -0.230. The van der Waals surface area contributed by atoms with E-state index in [4.69, 9.17) is 11.6 Å². The first kappa shape index (κ1) is 14.1. The number of hydrogen-bond donors (Lipinski definition) is 0. The molecule has 1 aromatic carbocycles. The summed E-state index contributed by atoms with van der Waals surface area (Å²) < 4.78 is 12.8. The maximum absolute atomic E-state index is 12.8. The second-order valence-corrected chi connectivity index (χ2v) is 4.43. The van der Waals surface area contributed by atoms with Crippen LogP contribution >= 0.6 is 11.6 Å². The fourth-order valence-electron chi connectivity index (χ4n) is 1.72. The zero-order valence-corrected chi connectivity index (χ0v) is 11.2. The predicted molar refractivity (Wildman–Crippen MR) is 72.2 cm³/mol. The van der Waals surface area contributed by atoms with E-state index in [-0.39, 0.29) is 22.5 Å². The van der Waals surface area contributed by atoms with E-state index >= 15 is 0 Å². The van der Waals surface area contributed by atoms with Gasteiger partial charge in [0.25, 0.3) is 0 Å². The van der Waals surface area contributed by atoms with Crippen LogP contribution in [0.2, 0.25) is 5.15 Å². The molecule has 2 rings (SSSR count). The lowest BCUT2D eigenvalue weighted by Gasteiger charge is -2.17. The van der Waals surface area contributed by atoms with Gasteiger partial charge in [-0.3, -0.25) is 10.1 Å². The lowest BCUT2D eigenvalue weighted by atomic mass is 10.2. The number of aromatic nitrogens is 2. The molecule has 1 aromatic heterocycles. The van der Waals surface area contributed by atoms with Gasteiger partial charge in [0.2, 0.25) is 11.0 Å². The van der Waals surface area contributed by atoms with Crippen LogP contribution in [0, 0.1) is 15.9 Å². The fourth-order valence-corrected chi connectivity index (χ4v) is 1.92. The molecular weight excluding hydrogens is 287 g/mol. The van der Waals surface area contributed by atoms with Crippen LogP contribution in [0.3, 0.4) is 0 Å². The van der Waals surface area contributed by atoms with Crippen molar-refractivity contribution >= 4 is 23.1 Å². The third-order valence-corrected chi connectivity index (χ3v) is 2.91. The molecule has 1 heterocycles. The van der Waals surface area contributed by atoms with E-state index in [0.29, 0.717) is 6.54 Å². The summed E-state index contributed by atoms with van der Waals surface area (Å²) in [5.41, 5.74) is 0.441. The van der Waals surface area contributed by atoms with Crippen molar-refractivity contribution in [2.24, 2.45) is 0 Å². The van der Waals surface area contributed by atoms with Crippen molar-refractivity contribution in [1.82, 2.24) is 9.97 Å². The molecule has 0 radical (unpaired) electrons. The molecule has 0 aliphatic carbocycles. The van der Waals surface area contributed by atoms with Crippen molar-refractivity contribution in [2.45, 2.75) is 6.54 Å². The number of halogens is 2. The molecule has 0 amide bonds. The SMILES string of the molecule is CN(Cc1ccc(F)cc1)c1ncnc(Cl)c1[N+](=O)[O-]. The van der Waals surface area contributed by atoms with Gasteiger partial charge in [0, 0.05) is 13.6 Å². The van der Waals surface area contributed by atoms with E-state index in [1.807, 2.05) is 0 Å². The number of nitro groups is 1. The second-order valence-electron chi connectivity index (χ2n) is 4.08. The quantitative estimate of drug-likeness (QED) is 0.493. The topological polar surface area (TPSA) is 72.2 Å². The van der Waals surface area contributed by atoms with Gasteiger partial charge in [-0.05, 0) is 17.7 Å². The molecule has 0 saturated heterocycles. The van der Waals surface area contributed by atoms with Crippen LogP contribution < -0.4 is 4.90 Å². The lowest BCUT2D eigenvalue weighted by Crippen LogP contribution is -2.19. The maximum atomic E-state index is 12.8. The van der Waals surface area contributed by atoms with Crippen LogP contribution in [0.4, 0.5) is 15.9 Å². The van der Waals surface area contributed by atoms with Crippen LogP contribution in [-0.2, 0) is 6.54 Å². The lowest BCUT2D eigenvalue weighted by molar-refractivity contribution is -0.384. The molecule has 0 aliphatic heterocycles. The molecule has 0 aliphatic rings. The summed E-state index contributed by atoms with van der Waals surface area (Å²) >= 11 is 5.72. The Bertz CT molecular complexity index is 636. The molecule has 0 saturated carbocycles. The molecule has 2 aromatic rings. The van der Waals surface area contributed by atoms with Gasteiger partial charge in [-0.1, -0.05) is 23.7 Å². The third kappa shape index (κ3) is 3.00. The first-order valence-corrected chi connectivity index (χ1v) is 5.97. The Kier molecular flexibility index (Phi) is 4.09. The standard InChI is InChI=1S/C12H10ClFN4O2/c1-17(6-8-2-4-9(14)5-3-8)12-10(18(19)20)11(13)15-7-16-12/h2-5,7H,6H2,1H3. The highest BCUT2D eigenvalue weighted by Gasteiger charge is 2.24. The molecule has 8 heteroatoms. The summed E-state index contributed by atoms with van der Waals surface area (Å²) in [6.07, 6.45) is 1.16. The van der Waals surface area contributed by atoms with E-state index in [1.54, 1.807) is 24.1 Å². The minimum atomic E-state index is -0.626. The Morgan fingerprint density at radius 3 is 2.60 bits per heavy atom. The Labute approximate surface area is 119 Å². The molecular formula is C12H10ClFN4O2. The molecule has 0 N–H and O–H groups in total. The van der Waals surface area contributed by atoms with Gasteiger partial charge >= 0.3 is 5.69 Å². The minimum Gasteiger partial charge on any atom is -0.349 e. The highest BCUT2D eigenvalue weighted by molar-refractivity contribution is 6.31. The maximum Gasteiger partial charge on any atom is 0.348 e. The molecule has 20 heavy (non-hydrogen) atoms. The third-order valence-electron chi connectivity index (χ3n) is 2.64. The Morgan fingerprint density at radius 1 is 1.35 bits per heavy atom. The van der Waals surface area contributed by atoms with E-state index in [9.17, 15) is 14.5 Å². The molecule has 0 atom stereocenters. The number of anilines is 1. The monoisotopic (exact) mass is 296 g/mol. The second kappa shape index (κ2) is 5.79. The van der Waals surface area contributed by atoms with E-state index in [2.05, 4.69) is 9.97 Å². The largest absolute Gasteiger partial charge is 0.349 e. The van der Waals surface area contributed by atoms with Crippen LogP contribution in [-0.4, -0.2) is 21.9 Å². The Morgan fingerprint density at radius 2 is 2.00 bits per heavy atom. The summed E-state index contributed by atoms with van der Waals surface area (Å²) in [6, 6.07) is 5.84. The highest BCUT2D eigenvalue weighted by Crippen LogP contribution is 2.31. The van der Waals surface area contributed by atoms with Crippen LogP contribution in [0.5, 0.6) is 0 Å². The first-order valence-electron chi connectivity index (χ1n) is 5.59. The number of benzene rings is 1. The Hall–Kier alpha value is -2.28. The molecule has 6 nitrogen and oxygen atoms in total. The van der Waals surface area contributed by atoms with Crippen molar-refractivity contribution in [1.29, 1.82) is 0 Å². The first-order chi connectivity index (χ1) is 9.49. The van der Waals surface area contributed by atoms with Gasteiger partial charge in [0.15, 0.2) is 0 Å². The summed E-state index contributed by atoms with van der Waals surface area (Å²) in [6.45, 7) is 0.328. The van der Waals surface area contributed by atoms with Crippen molar-refractivity contribution in [2.75, 3.05) is 11.9 Å². The van der Waals surface area contributed by atoms with Gasteiger partial charge in [0.1, 0.15) is 12.1 Å². The van der Waals surface area contributed by atoms with Gasteiger partial charge in [-0.25, -0.2) is 14.4 Å². The molecule has 104 valence electrons. The average Bonchev–Trinajstić information content (AvgIpc) is 2.40. The van der Waals surface area contributed by atoms with Gasteiger partial charge in [-0.2, -0.15) is 0 Å². The normalized spacial score (nSPS) is 10.3. The zero-order chi connectivity index (χ0) is 14.7. The molecule has 0 spiro atoms. The van der Waals surface area contributed by atoms with Gasteiger partial charge in [0.05, 0.1) is 4.92 Å². The van der Waals surface area contributed by atoms with E-state index < -0.39 is 4.92 Å². The van der Waals surface area contributed by atoms with Crippen LogP contribution in [0.1, 0.15) is 5.56 Å². The predicted octanol–water partition coefficient (Wildman–Crippen LogP) is 2.81. The number of nitrogens with zero attached hydrogens (tertiary/aromatic N) is 4. The summed E-state index contributed by atoms with van der Waals surface area (Å²) in [5, 5.41) is 10.8. The van der Waals surface area contributed by atoms with Gasteiger partial charge in [-0.15, -0.1) is 0 Å². The molecule has 0 fully saturated rings. The van der Waals surface area contributed by atoms with Gasteiger partial charge < -0.3 is 4.90 Å². The number of hydrogen-bond acceptors (Lipinski definition) is 5. The minimum absolute atomic E-state index is 0.110. The van der Waals surface area contributed by atoms with E-state index in [1.165, 1.54) is 12.1 Å². The summed E-state index contributed by atoms with van der Waals surface area (Å²) in [4.78, 5) is 19.4. The zero-order valence-electron chi connectivity index (χ0n) is 10.5. The molecule has 0 bridgehead atoms. The summed E-state index contributed by atoms with van der Waals surface area (Å²) in [7, 11) is 1.63. The smallest absolute Gasteiger partial charge is 0.348 e. The van der Waals surface area contributed by atoms with Crippen molar-refractivity contribution in [3.05, 3.63) is 57.2 Å².